The van der Waals surface area contributed by atoms with Crippen LogP contribution in [0.3, 0.4) is 0 Å². The maximum Gasteiger partial charge on any atom is 0.352 e. The third-order valence-electron chi connectivity index (χ3n) is 9.38. The van der Waals surface area contributed by atoms with E-state index in [1.54, 1.807) is 21.4 Å². The number of carbonyl (C=O) groups is 1. The van der Waals surface area contributed by atoms with Gasteiger partial charge in [-0.15, -0.1) is 0 Å². The van der Waals surface area contributed by atoms with E-state index < -0.39 is 11.8 Å². The van der Waals surface area contributed by atoms with E-state index >= 15 is 4.39 Å². The normalized spacial score (nSPS) is 12.5. The quantitative estimate of drug-likeness (QED) is 0.148. The van der Waals surface area contributed by atoms with Gasteiger partial charge in [0.15, 0.2) is 0 Å². The first-order chi connectivity index (χ1) is 24.8. The molecule has 1 aliphatic heterocycles. The number of ether oxygens (including phenoxy) is 2. The summed E-state index contributed by atoms with van der Waals surface area (Å²) >= 11 is 0. The van der Waals surface area contributed by atoms with E-state index in [0.717, 1.165) is 40.7 Å². The van der Waals surface area contributed by atoms with Gasteiger partial charge in [0.2, 0.25) is 0 Å². The molecule has 0 amide bonds. The van der Waals surface area contributed by atoms with Crippen molar-refractivity contribution in [3.8, 4) is 16.9 Å². The first-order valence-electron chi connectivity index (χ1n) is 17.5. The molecule has 4 aromatic carbocycles. The Morgan fingerprint density at radius 1 is 0.941 bits per heavy atom. The molecule has 0 aliphatic carbocycles. The fourth-order valence-electron chi connectivity index (χ4n) is 7.11. The second-order valence-corrected chi connectivity index (χ2v) is 12.6. The molecular formula is C41H44F2N4O4. The molecule has 10 heteroatoms. The van der Waals surface area contributed by atoms with Gasteiger partial charge < -0.3 is 24.5 Å². The van der Waals surface area contributed by atoms with Gasteiger partial charge in [0.1, 0.15) is 23.1 Å². The summed E-state index contributed by atoms with van der Waals surface area (Å²) in [6.45, 7) is 9.42. The van der Waals surface area contributed by atoms with Gasteiger partial charge in [-0.05, 0) is 90.8 Å². The number of benzene rings is 4. The van der Waals surface area contributed by atoms with Crippen LogP contribution in [0.5, 0.6) is 5.75 Å². The highest BCUT2D eigenvalue weighted by molar-refractivity contribution is 6.04. The van der Waals surface area contributed by atoms with Gasteiger partial charge >= 0.3 is 5.97 Å². The van der Waals surface area contributed by atoms with E-state index in [4.69, 9.17) is 14.6 Å². The molecule has 51 heavy (non-hydrogen) atoms. The highest BCUT2D eigenvalue weighted by Gasteiger charge is 2.30. The van der Waals surface area contributed by atoms with Crippen LogP contribution in [0.2, 0.25) is 0 Å². The number of aryl methyl sites for hydroxylation is 2. The van der Waals surface area contributed by atoms with Crippen LogP contribution in [0.25, 0.3) is 32.8 Å². The summed E-state index contributed by atoms with van der Waals surface area (Å²) in [5.41, 5.74) is 5.56. The van der Waals surface area contributed by atoms with Gasteiger partial charge in [0, 0.05) is 41.2 Å². The summed E-state index contributed by atoms with van der Waals surface area (Å²) in [4.78, 5) is 13.1. The molecule has 7 rings (SSSR count). The van der Waals surface area contributed by atoms with Crippen molar-refractivity contribution >= 4 is 27.6 Å². The molecule has 1 aliphatic rings. The Hall–Kier alpha value is -5.06. The van der Waals surface area contributed by atoms with Crippen LogP contribution in [0, 0.1) is 11.6 Å². The number of nitrogens with one attached hydrogen (secondary N) is 1. The minimum Gasteiger partial charge on any atom is -0.493 e. The zero-order valence-corrected chi connectivity index (χ0v) is 29.6. The van der Waals surface area contributed by atoms with E-state index in [0.29, 0.717) is 71.5 Å². The summed E-state index contributed by atoms with van der Waals surface area (Å²) in [5, 5.41) is 20.8. The lowest BCUT2D eigenvalue weighted by Crippen LogP contribution is -2.13. The zero-order chi connectivity index (χ0) is 36.1. The summed E-state index contributed by atoms with van der Waals surface area (Å²) in [7, 11) is 1.84. The fraction of sp³-hybridized carbons (Fsp3) is 0.317. The molecule has 2 N–H and O–H groups in total. The van der Waals surface area contributed by atoms with Crippen LogP contribution < -0.4 is 10.1 Å². The van der Waals surface area contributed by atoms with Gasteiger partial charge in [-0.25, -0.2) is 13.6 Å². The van der Waals surface area contributed by atoms with Crippen molar-refractivity contribution in [2.75, 3.05) is 19.7 Å². The Morgan fingerprint density at radius 3 is 2.43 bits per heavy atom. The Kier molecular flexibility index (Phi) is 11.1. The number of aromatic nitrogens is 3. The molecule has 266 valence electrons. The van der Waals surface area contributed by atoms with Crippen LogP contribution in [0.15, 0.2) is 72.8 Å². The summed E-state index contributed by atoms with van der Waals surface area (Å²) in [6, 6.07) is 20.9. The number of rotatable bonds is 9. The molecule has 0 unspecified atom stereocenters. The predicted molar refractivity (Wildman–Crippen MR) is 196 cm³/mol. The summed E-state index contributed by atoms with van der Waals surface area (Å²) < 4.78 is 45.7. The molecule has 0 fully saturated rings. The number of nitrogens with zero attached hydrogens (tertiary/aromatic N) is 3. The first-order valence-corrected chi connectivity index (χ1v) is 17.5. The average Bonchev–Trinajstić information content (AvgIpc) is 3.59. The third-order valence-corrected chi connectivity index (χ3v) is 9.38. The molecule has 2 aromatic heterocycles. The monoisotopic (exact) mass is 694 g/mol. The van der Waals surface area contributed by atoms with E-state index in [1.165, 1.54) is 18.2 Å². The van der Waals surface area contributed by atoms with E-state index in [-0.39, 0.29) is 24.7 Å². The van der Waals surface area contributed by atoms with E-state index in [1.807, 2.05) is 56.4 Å². The first kappa shape index (κ1) is 35.8. The van der Waals surface area contributed by atoms with Gasteiger partial charge in [0.05, 0.1) is 31.0 Å². The largest absolute Gasteiger partial charge is 0.493 e. The number of halogens is 2. The van der Waals surface area contributed by atoms with Crippen molar-refractivity contribution in [3.63, 3.8) is 0 Å². The van der Waals surface area contributed by atoms with Crippen LogP contribution >= 0.6 is 0 Å². The van der Waals surface area contributed by atoms with Gasteiger partial charge in [-0.3, -0.25) is 4.68 Å². The molecule has 0 bridgehead atoms. The smallest absolute Gasteiger partial charge is 0.352 e. The van der Waals surface area contributed by atoms with Crippen LogP contribution in [0.4, 0.5) is 8.78 Å². The van der Waals surface area contributed by atoms with Crippen molar-refractivity contribution in [3.05, 3.63) is 118 Å². The third kappa shape index (κ3) is 7.25. The molecule has 0 saturated carbocycles. The molecular weight excluding hydrogens is 650 g/mol. The molecule has 6 aromatic rings. The lowest BCUT2D eigenvalue weighted by Gasteiger charge is -2.15. The van der Waals surface area contributed by atoms with Crippen LogP contribution in [0.1, 0.15) is 65.8 Å². The fourth-order valence-corrected chi connectivity index (χ4v) is 7.11. The highest BCUT2D eigenvalue weighted by atomic mass is 19.1. The molecule has 0 spiro atoms. The Labute approximate surface area is 296 Å². The van der Waals surface area contributed by atoms with E-state index in [2.05, 4.69) is 19.2 Å². The number of hydrogen-bond acceptors (Lipinski definition) is 5. The SMILES string of the molecule is CCNCC.CCc1c2c(nn1C)COCc1ccccc1Cn1c(C(=O)O)c(CCCOc3cccc4cc(F)ccc34)c3ccc(F)c-2c31. The van der Waals surface area contributed by atoms with Crippen molar-refractivity contribution in [2.24, 2.45) is 7.05 Å². The van der Waals surface area contributed by atoms with Crippen molar-refractivity contribution in [2.45, 2.75) is 59.8 Å². The lowest BCUT2D eigenvalue weighted by molar-refractivity contribution is 0.0684. The molecule has 0 atom stereocenters. The van der Waals surface area contributed by atoms with Crippen molar-refractivity contribution in [1.82, 2.24) is 19.7 Å². The summed E-state index contributed by atoms with van der Waals surface area (Å²) in [6.07, 6.45) is 1.50. The Balaban J connectivity index is 0.000000839. The van der Waals surface area contributed by atoms with E-state index in [9.17, 15) is 14.3 Å². The number of carboxylic acids is 1. The molecule has 8 nitrogen and oxygen atoms in total. The number of carboxylic acid groups (broad SMARTS) is 1. The van der Waals surface area contributed by atoms with Gasteiger partial charge in [-0.1, -0.05) is 57.2 Å². The Bertz CT molecular complexity index is 2190. The maximum atomic E-state index is 16.2. The maximum absolute atomic E-state index is 16.2. The number of fused-ring (bicyclic) bond motifs is 4. The zero-order valence-electron chi connectivity index (χ0n) is 29.6. The van der Waals surface area contributed by atoms with Crippen molar-refractivity contribution < 1.29 is 28.2 Å². The summed E-state index contributed by atoms with van der Waals surface area (Å²) in [5.74, 6) is -1.21. The van der Waals surface area contributed by atoms with Crippen molar-refractivity contribution in [1.29, 1.82) is 0 Å². The molecule has 3 heterocycles. The molecule has 0 saturated heterocycles. The van der Waals surface area contributed by atoms with Crippen LogP contribution in [-0.2, 0) is 44.4 Å². The second-order valence-electron chi connectivity index (χ2n) is 12.6. The van der Waals surface area contributed by atoms with Gasteiger partial charge in [0.25, 0.3) is 0 Å². The standard InChI is InChI=1S/C37H33F2N3O4.C4H11N/c1-3-31-34-30(40-41(31)2)21-45-20-24-9-5-4-8-23(24)19-42-35-28(15-16-29(39)33(34)35)27(36(42)37(43)44)11-7-17-46-32-12-6-10-22-18-25(38)13-14-26(22)32;1-3-5-4-2/h4-6,8-10,12-16,18H,3,7,11,17,19-21H2,1-2H3,(H,43,44);5H,3-4H2,1-2H3. The lowest BCUT2D eigenvalue weighted by atomic mass is 9.96. The predicted octanol–water partition coefficient (Wildman–Crippen LogP) is 8.44. The average molecular weight is 695 g/mol. The minimum absolute atomic E-state index is 0.126. The number of aromatic carboxylic acids is 1. The molecule has 0 radical (unpaired) electrons. The topological polar surface area (TPSA) is 90.5 Å². The van der Waals surface area contributed by atoms with Crippen LogP contribution in [-0.4, -0.2) is 45.1 Å². The number of hydrogen-bond donors (Lipinski definition) is 2. The minimum atomic E-state index is -1.08. The van der Waals surface area contributed by atoms with Gasteiger partial charge in [-0.2, -0.15) is 5.10 Å². The Morgan fingerprint density at radius 2 is 1.71 bits per heavy atom. The highest BCUT2D eigenvalue weighted by Crippen LogP contribution is 2.41. The second kappa shape index (κ2) is 15.9.